The number of hydrogen-bond donors (Lipinski definition) is 15. The zero-order valence-corrected chi connectivity index (χ0v) is 46.4. The first-order valence-electron chi connectivity index (χ1n) is 27.1. The van der Waals surface area contributed by atoms with Crippen molar-refractivity contribution in [3.63, 3.8) is 0 Å². The van der Waals surface area contributed by atoms with Crippen molar-refractivity contribution in [2.45, 2.75) is 200 Å². The van der Waals surface area contributed by atoms with Crippen LogP contribution in [0.15, 0.2) is 12.5 Å². The van der Waals surface area contributed by atoms with Crippen LogP contribution in [-0.4, -0.2) is 153 Å². The number of carbonyl (C=O) groups is 10. The molecule has 77 heavy (non-hydrogen) atoms. The Bertz CT molecular complexity index is 2030. The van der Waals surface area contributed by atoms with E-state index in [9.17, 15) is 58.2 Å². The molecule has 0 aliphatic carbocycles. The van der Waals surface area contributed by atoms with E-state index < -0.39 is 150 Å². The van der Waals surface area contributed by atoms with Gasteiger partial charge in [-0.05, 0) is 101 Å². The SMILES string of the molecule is CC[C@H](C)[C@H](NC(=O)[C@H](CCCCN)NC(=O)[C@@H](NC(=O)[C@@H](NC(=O)[C@H](Cc1cnc[nH]1)NC(=O)[C@@H](N)CCCCN)[C@@H](C)CC)C(C)C)C(=O)N[C@@H](CCC(=O)O)C(=O)N[C@H](C(=O)N[C@@H](CCCCN)C(=O)O)C(C)C. The van der Waals surface area contributed by atoms with E-state index in [2.05, 4.69) is 52.5 Å². The molecule has 438 valence electrons. The molecule has 1 aromatic heterocycles. The number of aliphatic carboxylic acids is 2. The number of imidazole rings is 1. The summed E-state index contributed by atoms with van der Waals surface area (Å²) in [7, 11) is 0. The number of rotatable bonds is 40. The number of carbonyl (C=O) groups excluding carboxylic acids is 8. The maximum Gasteiger partial charge on any atom is 0.326 e. The first kappa shape index (κ1) is 68.8. The lowest BCUT2D eigenvalue weighted by Crippen LogP contribution is -2.62. The minimum Gasteiger partial charge on any atom is -0.481 e. The van der Waals surface area contributed by atoms with Gasteiger partial charge < -0.3 is 80.7 Å². The van der Waals surface area contributed by atoms with Gasteiger partial charge in [-0.2, -0.15) is 0 Å². The highest BCUT2D eigenvalue weighted by molar-refractivity contribution is 5.98. The van der Waals surface area contributed by atoms with E-state index in [1.54, 1.807) is 48.5 Å². The number of amides is 8. The lowest BCUT2D eigenvalue weighted by molar-refractivity contribution is -0.143. The first-order chi connectivity index (χ1) is 36.4. The second kappa shape index (κ2) is 36.7. The van der Waals surface area contributed by atoms with Crippen molar-refractivity contribution in [1.29, 1.82) is 0 Å². The standard InChI is InChI=1S/C51H92N14O12/c1-9-30(7)41(49(74)59-35(20-21-38(66)67)45(70)62-39(28(3)4)48(73)60-36(51(76)77)19-13-16-24-54)64-44(69)34(18-12-15-23-53)58-47(72)40(29(5)6)63-50(75)42(31(8)10-2)65-46(71)37(25-32-26-56-27-57-32)61-43(68)33(55)17-11-14-22-52/h26-31,33-37,39-42H,9-25,52-55H2,1-8H3,(H,56,57)(H,58,72)(H,59,74)(H,60,73)(H,61,68)(H,62,70)(H,63,75)(H,64,69)(H,65,71)(H,66,67)(H,76,77)/t30-,31-,33-,34-,35-,36-,37-,39-,40-,41-,42-/m0/s1. The normalized spacial score (nSPS) is 15.7. The molecule has 1 heterocycles. The molecule has 0 saturated heterocycles. The van der Waals surface area contributed by atoms with Crippen molar-refractivity contribution in [2.24, 2.45) is 46.6 Å². The maximum absolute atomic E-state index is 14.3. The lowest BCUT2D eigenvalue weighted by Gasteiger charge is -2.31. The van der Waals surface area contributed by atoms with Crippen LogP contribution in [0.1, 0.15) is 145 Å². The maximum atomic E-state index is 14.3. The minimum atomic E-state index is -1.54. The topological polar surface area (TPSA) is 440 Å². The summed E-state index contributed by atoms with van der Waals surface area (Å²) in [5, 5.41) is 40.5. The van der Waals surface area contributed by atoms with Crippen LogP contribution in [0.2, 0.25) is 0 Å². The largest absolute Gasteiger partial charge is 0.481 e. The number of carboxylic acid groups (broad SMARTS) is 2. The molecule has 0 spiro atoms. The van der Waals surface area contributed by atoms with E-state index >= 15 is 0 Å². The highest BCUT2D eigenvalue weighted by atomic mass is 16.4. The average Bonchev–Trinajstić information content (AvgIpc) is 3.90. The molecule has 0 saturated carbocycles. The summed E-state index contributed by atoms with van der Waals surface area (Å²) in [6, 6.07) is -11.3. The van der Waals surface area contributed by atoms with E-state index in [1.165, 1.54) is 12.5 Å². The number of hydrogen-bond acceptors (Lipinski definition) is 15. The number of aromatic nitrogens is 2. The van der Waals surface area contributed by atoms with Crippen LogP contribution in [0.3, 0.4) is 0 Å². The molecule has 0 fully saturated rings. The Morgan fingerprint density at radius 2 is 0.870 bits per heavy atom. The number of unbranched alkanes of at least 4 members (excludes halogenated alkanes) is 3. The van der Waals surface area contributed by atoms with Crippen LogP contribution in [0.4, 0.5) is 0 Å². The fourth-order valence-corrected chi connectivity index (χ4v) is 8.06. The molecule has 0 aromatic carbocycles. The highest BCUT2D eigenvalue weighted by Gasteiger charge is 2.38. The van der Waals surface area contributed by atoms with Gasteiger partial charge in [0.1, 0.15) is 48.3 Å². The summed E-state index contributed by atoms with van der Waals surface area (Å²) in [6.07, 6.45) is 6.10. The Morgan fingerprint density at radius 3 is 1.29 bits per heavy atom. The number of nitrogens with zero attached hydrogens (tertiary/aromatic N) is 1. The second-order valence-electron chi connectivity index (χ2n) is 20.5. The molecule has 1 aromatic rings. The fourth-order valence-electron chi connectivity index (χ4n) is 8.06. The van der Waals surface area contributed by atoms with Crippen molar-refractivity contribution >= 4 is 59.2 Å². The second-order valence-corrected chi connectivity index (χ2v) is 20.5. The highest BCUT2D eigenvalue weighted by Crippen LogP contribution is 2.15. The number of H-pyrrole nitrogens is 1. The molecule has 0 radical (unpaired) electrons. The van der Waals surface area contributed by atoms with E-state index in [4.69, 9.17) is 22.9 Å². The smallest absolute Gasteiger partial charge is 0.326 e. The fraction of sp³-hybridized carbons (Fsp3) is 0.745. The lowest BCUT2D eigenvalue weighted by atomic mass is 9.95. The Labute approximate surface area is 452 Å². The zero-order valence-electron chi connectivity index (χ0n) is 46.4. The molecule has 26 nitrogen and oxygen atoms in total. The van der Waals surface area contributed by atoms with Gasteiger partial charge in [0.2, 0.25) is 47.3 Å². The van der Waals surface area contributed by atoms with E-state index in [0.29, 0.717) is 76.6 Å². The molecule has 19 N–H and O–H groups in total. The summed E-state index contributed by atoms with van der Waals surface area (Å²) >= 11 is 0. The summed E-state index contributed by atoms with van der Waals surface area (Å²) < 4.78 is 0. The van der Waals surface area contributed by atoms with Crippen molar-refractivity contribution in [3.05, 3.63) is 18.2 Å². The molecule has 8 amide bonds. The van der Waals surface area contributed by atoms with Crippen LogP contribution in [-0.2, 0) is 54.4 Å². The zero-order chi connectivity index (χ0) is 58.4. The van der Waals surface area contributed by atoms with Gasteiger partial charge >= 0.3 is 11.9 Å². The monoisotopic (exact) mass is 1090 g/mol. The molecule has 0 unspecified atom stereocenters. The quantitative estimate of drug-likeness (QED) is 0.0347. The average molecular weight is 1090 g/mol. The summed E-state index contributed by atoms with van der Waals surface area (Å²) in [6.45, 7) is 14.5. The van der Waals surface area contributed by atoms with Gasteiger partial charge in [0, 0.05) is 24.7 Å². The number of nitrogens with two attached hydrogens (primary N) is 4. The molecular formula is C51H92N14O12. The van der Waals surface area contributed by atoms with Gasteiger partial charge in [0.15, 0.2) is 0 Å². The van der Waals surface area contributed by atoms with Crippen molar-refractivity contribution < 1.29 is 58.2 Å². The van der Waals surface area contributed by atoms with E-state index in [0.717, 1.165) is 0 Å². The minimum absolute atomic E-state index is 0.0136. The third kappa shape index (κ3) is 25.2. The van der Waals surface area contributed by atoms with Crippen LogP contribution >= 0.6 is 0 Å². The molecule has 0 aliphatic rings. The van der Waals surface area contributed by atoms with Crippen LogP contribution in [0, 0.1) is 23.7 Å². The van der Waals surface area contributed by atoms with Gasteiger partial charge in [0.25, 0.3) is 0 Å². The van der Waals surface area contributed by atoms with Gasteiger partial charge in [-0.15, -0.1) is 0 Å². The van der Waals surface area contributed by atoms with Crippen molar-refractivity contribution in [3.8, 4) is 0 Å². The predicted molar refractivity (Wildman–Crippen MR) is 288 cm³/mol. The molecule has 0 bridgehead atoms. The summed E-state index contributed by atoms with van der Waals surface area (Å²) in [4.78, 5) is 142. The van der Waals surface area contributed by atoms with E-state index in [1.807, 2.05) is 6.92 Å². The Balaban J connectivity index is 3.47. The summed E-state index contributed by atoms with van der Waals surface area (Å²) in [5.74, 6) is -10.9. The van der Waals surface area contributed by atoms with Crippen molar-refractivity contribution in [2.75, 3.05) is 19.6 Å². The van der Waals surface area contributed by atoms with E-state index in [-0.39, 0.29) is 25.8 Å². The van der Waals surface area contributed by atoms with Gasteiger partial charge in [-0.25, -0.2) is 9.78 Å². The molecular weight excluding hydrogens is 1000 g/mol. The van der Waals surface area contributed by atoms with Crippen molar-refractivity contribution in [1.82, 2.24) is 52.5 Å². The Kier molecular flexibility index (Phi) is 32.8. The number of nitrogens with one attached hydrogen (secondary N) is 9. The molecule has 0 aliphatic heterocycles. The number of carboxylic acids is 2. The summed E-state index contributed by atoms with van der Waals surface area (Å²) in [5.41, 5.74) is 23.6. The Morgan fingerprint density at radius 1 is 0.494 bits per heavy atom. The van der Waals surface area contributed by atoms with Crippen LogP contribution < -0.4 is 65.5 Å². The molecule has 26 heteroatoms. The van der Waals surface area contributed by atoms with Gasteiger partial charge in [0.05, 0.1) is 12.4 Å². The van der Waals surface area contributed by atoms with Gasteiger partial charge in [-0.3, -0.25) is 43.2 Å². The third-order valence-corrected chi connectivity index (χ3v) is 13.4. The molecule has 11 atom stereocenters. The van der Waals surface area contributed by atoms with Gasteiger partial charge in [-0.1, -0.05) is 74.7 Å². The van der Waals surface area contributed by atoms with Crippen LogP contribution in [0.5, 0.6) is 0 Å². The van der Waals surface area contributed by atoms with Crippen LogP contribution in [0.25, 0.3) is 0 Å². The molecule has 1 rings (SSSR count). The predicted octanol–water partition coefficient (Wildman–Crippen LogP) is -1.10. The first-order valence-corrected chi connectivity index (χ1v) is 27.1. The number of aromatic amines is 1. The third-order valence-electron chi connectivity index (χ3n) is 13.4. The Hall–Kier alpha value is -6.25.